The molecule has 120 valence electrons. The van der Waals surface area contributed by atoms with Crippen LogP contribution in [-0.2, 0) is 4.79 Å². The number of rotatable bonds is 5. The maximum Gasteiger partial charge on any atom is 0.261 e. The molecule has 1 aromatic rings. The van der Waals surface area contributed by atoms with Gasteiger partial charge in [-0.15, -0.1) is 0 Å². The van der Waals surface area contributed by atoms with E-state index in [0.717, 1.165) is 12.8 Å². The predicted molar refractivity (Wildman–Crippen MR) is 82.2 cm³/mol. The molecule has 2 aliphatic heterocycles. The molecule has 2 N–H and O–H groups in total. The highest BCUT2D eigenvalue weighted by Crippen LogP contribution is 2.27. The number of piperidine rings is 1. The Morgan fingerprint density at radius 2 is 2.05 bits per heavy atom. The molecule has 2 aliphatic rings. The number of halogens is 1. The summed E-state index contributed by atoms with van der Waals surface area (Å²) < 4.78 is 19.2. The van der Waals surface area contributed by atoms with Gasteiger partial charge in [0, 0.05) is 18.1 Å². The zero-order valence-electron chi connectivity index (χ0n) is 12.8. The summed E-state index contributed by atoms with van der Waals surface area (Å²) in [4.78, 5) is 12.4. The Kier molecular flexibility index (Phi) is 4.62. The van der Waals surface area contributed by atoms with E-state index in [0.29, 0.717) is 18.5 Å². The van der Waals surface area contributed by atoms with E-state index in [-0.39, 0.29) is 17.7 Å². The molecule has 3 unspecified atom stereocenters. The number of fused-ring (bicyclic) bond motifs is 2. The first-order valence-electron chi connectivity index (χ1n) is 8.13. The topological polar surface area (TPSA) is 50.4 Å². The number of amides is 1. The van der Waals surface area contributed by atoms with Crippen molar-refractivity contribution in [3.63, 3.8) is 0 Å². The van der Waals surface area contributed by atoms with Gasteiger partial charge in [0.15, 0.2) is 17.7 Å². The first kappa shape index (κ1) is 15.3. The summed E-state index contributed by atoms with van der Waals surface area (Å²) in [6, 6.07) is 7.44. The average Bonchev–Trinajstić information content (AvgIpc) is 2.85. The van der Waals surface area contributed by atoms with E-state index in [1.54, 1.807) is 18.2 Å². The minimum Gasteiger partial charge on any atom is -0.478 e. The van der Waals surface area contributed by atoms with E-state index in [1.807, 2.05) is 6.92 Å². The number of benzene rings is 1. The van der Waals surface area contributed by atoms with Crippen molar-refractivity contribution in [1.29, 1.82) is 0 Å². The van der Waals surface area contributed by atoms with Gasteiger partial charge in [0.25, 0.3) is 5.91 Å². The fraction of sp³-hybridized carbons (Fsp3) is 0.588. The van der Waals surface area contributed by atoms with Gasteiger partial charge >= 0.3 is 0 Å². The lowest BCUT2D eigenvalue weighted by Gasteiger charge is -2.30. The Balaban J connectivity index is 1.58. The molecule has 3 rings (SSSR count). The number of nitrogens with one attached hydrogen (secondary N) is 2. The normalized spacial score (nSPS) is 28.2. The second-order valence-electron chi connectivity index (χ2n) is 6.26. The van der Waals surface area contributed by atoms with Crippen LogP contribution in [0.2, 0.25) is 0 Å². The van der Waals surface area contributed by atoms with Crippen LogP contribution in [0.1, 0.15) is 39.0 Å². The van der Waals surface area contributed by atoms with E-state index < -0.39 is 11.9 Å². The van der Waals surface area contributed by atoms with E-state index in [9.17, 15) is 9.18 Å². The van der Waals surface area contributed by atoms with Gasteiger partial charge in [0.1, 0.15) is 0 Å². The van der Waals surface area contributed by atoms with Crippen molar-refractivity contribution in [2.24, 2.45) is 0 Å². The number of carbonyl (C=O) groups is 1. The van der Waals surface area contributed by atoms with Crippen LogP contribution in [0.25, 0.3) is 0 Å². The van der Waals surface area contributed by atoms with Crippen molar-refractivity contribution in [3.05, 3.63) is 30.1 Å². The third kappa shape index (κ3) is 3.40. The molecule has 2 heterocycles. The van der Waals surface area contributed by atoms with Crippen molar-refractivity contribution < 1.29 is 13.9 Å². The molecule has 2 saturated heterocycles. The fourth-order valence-corrected chi connectivity index (χ4v) is 3.49. The summed E-state index contributed by atoms with van der Waals surface area (Å²) in [7, 11) is 0. The highest BCUT2D eigenvalue weighted by molar-refractivity contribution is 5.81. The summed E-state index contributed by atoms with van der Waals surface area (Å²) >= 11 is 0. The van der Waals surface area contributed by atoms with Crippen LogP contribution in [0.15, 0.2) is 24.3 Å². The average molecular weight is 306 g/mol. The molecular formula is C17H23FN2O2. The second-order valence-corrected chi connectivity index (χ2v) is 6.26. The lowest BCUT2D eigenvalue weighted by atomic mass is 9.99. The molecule has 0 saturated carbocycles. The molecule has 1 amide bonds. The quantitative estimate of drug-likeness (QED) is 0.878. The van der Waals surface area contributed by atoms with Crippen LogP contribution in [0.3, 0.4) is 0 Å². The second kappa shape index (κ2) is 6.65. The molecular weight excluding hydrogens is 283 g/mol. The summed E-state index contributed by atoms with van der Waals surface area (Å²) in [6.07, 6.45) is 4.19. The minimum absolute atomic E-state index is 0.134. The minimum atomic E-state index is -0.649. The van der Waals surface area contributed by atoms with Gasteiger partial charge < -0.3 is 15.4 Å². The number of carbonyl (C=O) groups excluding carboxylic acids is 1. The van der Waals surface area contributed by atoms with E-state index >= 15 is 0 Å². The van der Waals surface area contributed by atoms with Crippen molar-refractivity contribution in [1.82, 2.24) is 10.6 Å². The molecule has 3 atom stereocenters. The van der Waals surface area contributed by atoms with Gasteiger partial charge in [-0.3, -0.25) is 4.79 Å². The molecule has 0 radical (unpaired) electrons. The van der Waals surface area contributed by atoms with Gasteiger partial charge in [-0.25, -0.2) is 4.39 Å². The Morgan fingerprint density at radius 3 is 2.68 bits per heavy atom. The van der Waals surface area contributed by atoms with E-state index in [2.05, 4.69) is 10.6 Å². The van der Waals surface area contributed by atoms with E-state index in [1.165, 1.54) is 18.9 Å². The van der Waals surface area contributed by atoms with Crippen LogP contribution < -0.4 is 15.4 Å². The zero-order valence-corrected chi connectivity index (χ0v) is 12.8. The van der Waals surface area contributed by atoms with Gasteiger partial charge in [-0.1, -0.05) is 19.1 Å². The maximum atomic E-state index is 13.7. The number of hydrogen-bond donors (Lipinski definition) is 2. The number of hydrogen-bond acceptors (Lipinski definition) is 3. The molecule has 4 nitrogen and oxygen atoms in total. The molecule has 5 heteroatoms. The summed E-state index contributed by atoms with van der Waals surface area (Å²) in [6.45, 7) is 1.87. The largest absolute Gasteiger partial charge is 0.478 e. The van der Waals surface area contributed by atoms with Crippen LogP contribution in [0.5, 0.6) is 5.75 Å². The van der Waals surface area contributed by atoms with E-state index in [4.69, 9.17) is 4.74 Å². The Bertz CT molecular complexity index is 525. The first-order valence-corrected chi connectivity index (χ1v) is 8.13. The summed E-state index contributed by atoms with van der Waals surface area (Å²) in [5.41, 5.74) is 0. The Hall–Kier alpha value is -1.62. The lowest BCUT2D eigenvalue weighted by molar-refractivity contribution is -0.129. The van der Waals surface area contributed by atoms with Gasteiger partial charge in [-0.05, 0) is 44.2 Å². The third-order valence-electron chi connectivity index (χ3n) is 4.59. The Labute approximate surface area is 130 Å². The van der Waals surface area contributed by atoms with Crippen LogP contribution in [-0.4, -0.2) is 30.1 Å². The third-order valence-corrected chi connectivity index (χ3v) is 4.59. The summed E-state index contributed by atoms with van der Waals surface area (Å²) in [5, 5.41) is 6.64. The standard InChI is InChI=1S/C17H23FN2O2/c1-2-15(22-16-6-4-3-5-14(16)18)17(21)20-13-9-11-7-8-12(10-13)19-11/h3-6,11-13,15,19H,2,7-10H2,1H3,(H,20,21). The van der Waals surface area contributed by atoms with Gasteiger partial charge in [0.05, 0.1) is 0 Å². The SMILES string of the molecule is CCC(Oc1ccccc1F)C(=O)NC1CC2CCC(C1)N2. The van der Waals surface area contributed by atoms with Gasteiger partial charge in [0.2, 0.25) is 0 Å². The van der Waals surface area contributed by atoms with Crippen LogP contribution >= 0.6 is 0 Å². The Morgan fingerprint density at radius 1 is 1.36 bits per heavy atom. The number of ether oxygens (including phenoxy) is 1. The van der Waals surface area contributed by atoms with Crippen molar-refractivity contribution in [3.8, 4) is 5.75 Å². The predicted octanol–water partition coefficient (Wildman–Crippen LogP) is 2.38. The highest BCUT2D eigenvalue weighted by Gasteiger charge is 2.35. The molecule has 22 heavy (non-hydrogen) atoms. The highest BCUT2D eigenvalue weighted by atomic mass is 19.1. The molecule has 0 aliphatic carbocycles. The smallest absolute Gasteiger partial charge is 0.261 e. The monoisotopic (exact) mass is 306 g/mol. The molecule has 2 bridgehead atoms. The van der Waals surface area contributed by atoms with Crippen molar-refractivity contribution in [2.45, 2.75) is 63.3 Å². The van der Waals surface area contributed by atoms with Crippen LogP contribution in [0, 0.1) is 5.82 Å². The van der Waals surface area contributed by atoms with Gasteiger partial charge in [-0.2, -0.15) is 0 Å². The summed E-state index contributed by atoms with van der Waals surface area (Å²) in [5.74, 6) is -0.444. The molecule has 0 spiro atoms. The van der Waals surface area contributed by atoms with Crippen molar-refractivity contribution >= 4 is 5.91 Å². The number of para-hydroxylation sites is 1. The fourth-order valence-electron chi connectivity index (χ4n) is 3.49. The first-order chi connectivity index (χ1) is 10.7. The van der Waals surface area contributed by atoms with Crippen molar-refractivity contribution in [2.75, 3.05) is 0 Å². The van der Waals surface area contributed by atoms with Crippen LogP contribution in [0.4, 0.5) is 4.39 Å². The molecule has 1 aromatic carbocycles. The molecule has 2 fully saturated rings. The maximum absolute atomic E-state index is 13.7. The zero-order chi connectivity index (χ0) is 15.5. The lowest BCUT2D eigenvalue weighted by Crippen LogP contribution is -2.51. The molecule has 0 aromatic heterocycles.